The van der Waals surface area contributed by atoms with Gasteiger partial charge in [0.1, 0.15) is 11.6 Å². The quantitative estimate of drug-likeness (QED) is 0.331. The summed E-state index contributed by atoms with van der Waals surface area (Å²) in [6.07, 6.45) is -0.820. The number of aliphatic hydroxyl groups excluding tert-OH is 1. The first-order valence-corrected chi connectivity index (χ1v) is 12.7. The van der Waals surface area contributed by atoms with Crippen molar-refractivity contribution in [2.75, 3.05) is 13.7 Å². The third-order valence-corrected chi connectivity index (χ3v) is 7.26. The van der Waals surface area contributed by atoms with Gasteiger partial charge in [0.2, 0.25) is 0 Å². The van der Waals surface area contributed by atoms with E-state index in [0.29, 0.717) is 6.61 Å². The smallest absolute Gasteiger partial charge is 0.404 e. The van der Waals surface area contributed by atoms with E-state index < -0.39 is 41.3 Å². The number of amides is 1. The summed E-state index contributed by atoms with van der Waals surface area (Å²) >= 11 is 0. The van der Waals surface area contributed by atoms with Crippen molar-refractivity contribution in [3.05, 3.63) is 70.8 Å². The summed E-state index contributed by atoms with van der Waals surface area (Å²) in [5.41, 5.74) is 1.50. The molecule has 0 spiro atoms. The van der Waals surface area contributed by atoms with Crippen LogP contribution in [0.4, 0.5) is 13.6 Å². The molecule has 3 atom stereocenters. The minimum absolute atomic E-state index is 0.0654. The number of aliphatic hydroxyl groups is 1. The van der Waals surface area contributed by atoms with Gasteiger partial charge in [-0.2, -0.15) is 0 Å². The van der Waals surface area contributed by atoms with Crippen LogP contribution in [-0.2, 0) is 22.1 Å². The minimum Gasteiger partial charge on any atom is -0.465 e. The molecule has 0 saturated heterocycles. The average molecular weight is 519 g/mol. The summed E-state index contributed by atoms with van der Waals surface area (Å²) in [6, 6.07) is 9.91. The van der Waals surface area contributed by atoms with Crippen molar-refractivity contribution in [1.29, 1.82) is 0 Å². The number of rotatable bonds is 11. The third-order valence-electron chi connectivity index (χ3n) is 7.26. The molecular weight excluding hydrogens is 478 g/mol. The van der Waals surface area contributed by atoms with E-state index >= 15 is 0 Å². The average Bonchev–Trinajstić information content (AvgIpc) is 3.56. The number of hydrogen-bond acceptors (Lipinski definition) is 4. The van der Waals surface area contributed by atoms with Crippen LogP contribution in [-0.4, -0.2) is 48.2 Å². The largest absolute Gasteiger partial charge is 0.465 e. The van der Waals surface area contributed by atoms with Crippen molar-refractivity contribution < 1.29 is 28.5 Å². The van der Waals surface area contributed by atoms with Crippen LogP contribution >= 0.6 is 0 Å². The molecule has 0 radical (unpaired) electrons. The van der Waals surface area contributed by atoms with Crippen LogP contribution in [0.15, 0.2) is 42.5 Å². The molecule has 1 fully saturated rings. The highest BCUT2D eigenvalue weighted by Gasteiger charge is 2.50. The Kier molecular flexibility index (Phi) is 8.67. The van der Waals surface area contributed by atoms with Crippen LogP contribution < -0.4 is 10.6 Å². The third kappa shape index (κ3) is 7.27. The number of nitrogens with one attached hydrogen (secondary N) is 2. The Balaban J connectivity index is 1.91. The molecule has 6 nitrogen and oxygen atoms in total. The first kappa shape index (κ1) is 29.0. The molecule has 1 amide bonds. The Labute approximate surface area is 218 Å². The lowest BCUT2D eigenvalue weighted by Gasteiger charge is -2.41. The lowest BCUT2D eigenvalue weighted by atomic mass is 9.78. The summed E-state index contributed by atoms with van der Waals surface area (Å²) in [5.74, 6) is -1.51. The molecule has 204 valence electrons. The van der Waals surface area contributed by atoms with Gasteiger partial charge in [0.25, 0.3) is 0 Å². The van der Waals surface area contributed by atoms with Crippen LogP contribution in [0, 0.1) is 17.0 Å². The van der Waals surface area contributed by atoms with Crippen LogP contribution in [0.25, 0.3) is 0 Å². The molecule has 0 aromatic heterocycles. The SMILES string of the molecule is COCC(C)(C)c1cccc(C2(NC(C(O)C(Cc3cc(F)cc(F)c3)NC(=O)O)C(C)(C)C)CC2)c1. The maximum absolute atomic E-state index is 13.8. The van der Waals surface area contributed by atoms with Gasteiger partial charge in [-0.3, -0.25) is 0 Å². The molecule has 1 aliphatic carbocycles. The first-order valence-electron chi connectivity index (χ1n) is 12.7. The van der Waals surface area contributed by atoms with Crippen molar-refractivity contribution in [3.63, 3.8) is 0 Å². The predicted molar refractivity (Wildman–Crippen MR) is 140 cm³/mol. The number of hydrogen-bond donors (Lipinski definition) is 4. The van der Waals surface area contributed by atoms with Gasteiger partial charge in [0, 0.05) is 30.2 Å². The van der Waals surface area contributed by atoms with Crippen molar-refractivity contribution >= 4 is 6.09 Å². The van der Waals surface area contributed by atoms with Gasteiger partial charge in [0.05, 0.1) is 18.8 Å². The van der Waals surface area contributed by atoms with Crippen molar-refractivity contribution in [1.82, 2.24) is 10.6 Å². The Bertz CT molecular complexity index is 1080. The van der Waals surface area contributed by atoms with E-state index in [1.54, 1.807) is 7.11 Å². The number of carbonyl (C=O) groups is 1. The minimum atomic E-state index is -1.32. The molecule has 37 heavy (non-hydrogen) atoms. The molecule has 2 aromatic carbocycles. The number of halogens is 2. The molecule has 3 unspecified atom stereocenters. The Morgan fingerprint density at radius 3 is 2.22 bits per heavy atom. The first-order chi connectivity index (χ1) is 17.2. The van der Waals surface area contributed by atoms with Gasteiger partial charge >= 0.3 is 6.09 Å². The zero-order valence-corrected chi connectivity index (χ0v) is 22.6. The van der Waals surface area contributed by atoms with Crippen LogP contribution in [0.1, 0.15) is 64.2 Å². The zero-order chi connectivity index (χ0) is 27.6. The van der Waals surface area contributed by atoms with Gasteiger partial charge in [-0.15, -0.1) is 0 Å². The topological polar surface area (TPSA) is 90.8 Å². The Hall–Kier alpha value is -2.55. The monoisotopic (exact) mass is 518 g/mol. The van der Waals surface area contributed by atoms with Crippen LogP contribution in [0.3, 0.4) is 0 Å². The van der Waals surface area contributed by atoms with Crippen LogP contribution in [0.2, 0.25) is 0 Å². The molecule has 2 aromatic rings. The summed E-state index contributed by atoms with van der Waals surface area (Å²) in [5, 5.41) is 27.1. The molecule has 1 saturated carbocycles. The molecule has 0 bridgehead atoms. The summed E-state index contributed by atoms with van der Waals surface area (Å²) in [6.45, 7) is 10.7. The normalized spacial score (nSPS) is 17.6. The molecule has 1 aliphatic rings. The van der Waals surface area contributed by atoms with Gasteiger partial charge in [0.15, 0.2) is 0 Å². The molecule has 3 rings (SSSR count). The highest BCUT2D eigenvalue weighted by atomic mass is 19.1. The highest BCUT2D eigenvalue weighted by Crippen LogP contribution is 2.48. The van der Waals surface area contributed by atoms with E-state index in [0.717, 1.165) is 42.2 Å². The maximum Gasteiger partial charge on any atom is 0.404 e. The van der Waals surface area contributed by atoms with E-state index in [-0.39, 0.29) is 22.9 Å². The summed E-state index contributed by atoms with van der Waals surface area (Å²) in [7, 11) is 1.69. The Morgan fingerprint density at radius 2 is 1.70 bits per heavy atom. The molecule has 0 aliphatic heterocycles. The van der Waals surface area contributed by atoms with E-state index in [2.05, 4.69) is 42.7 Å². The van der Waals surface area contributed by atoms with Gasteiger partial charge < -0.3 is 25.6 Å². The molecule has 0 heterocycles. The lowest BCUT2D eigenvalue weighted by Crippen LogP contribution is -2.60. The zero-order valence-electron chi connectivity index (χ0n) is 22.6. The van der Waals surface area contributed by atoms with Crippen molar-refractivity contribution in [2.45, 2.75) is 83.0 Å². The van der Waals surface area contributed by atoms with Gasteiger partial charge in [-0.1, -0.05) is 58.9 Å². The molecule has 8 heteroatoms. The second kappa shape index (κ2) is 11.1. The number of ether oxygens (including phenoxy) is 1. The number of carboxylic acid groups (broad SMARTS) is 1. The Morgan fingerprint density at radius 1 is 1.08 bits per heavy atom. The van der Waals surface area contributed by atoms with Crippen LogP contribution in [0.5, 0.6) is 0 Å². The number of methoxy groups -OCH3 is 1. The van der Waals surface area contributed by atoms with E-state index in [1.807, 2.05) is 26.8 Å². The number of benzene rings is 2. The van der Waals surface area contributed by atoms with Gasteiger partial charge in [-0.25, -0.2) is 13.6 Å². The predicted octanol–water partition coefficient (Wildman–Crippen LogP) is 5.12. The second-order valence-electron chi connectivity index (χ2n) is 12.0. The molecular formula is C29H40F2N2O4. The summed E-state index contributed by atoms with van der Waals surface area (Å²) in [4.78, 5) is 11.6. The fourth-order valence-corrected chi connectivity index (χ4v) is 5.07. The second-order valence-corrected chi connectivity index (χ2v) is 12.0. The fraction of sp³-hybridized carbons (Fsp3) is 0.552. The van der Waals surface area contributed by atoms with E-state index in [1.165, 1.54) is 0 Å². The highest BCUT2D eigenvalue weighted by molar-refractivity contribution is 5.65. The summed E-state index contributed by atoms with van der Waals surface area (Å²) < 4.78 is 33.0. The van der Waals surface area contributed by atoms with E-state index in [9.17, 15) is 23.8 Å². The lowest BCUT2D eigenvalue weighted by molar-refractivity contribution is 0.0323. The van der Waals surface area contributed by atoms with E-state index in [4.69, 9.17) is 4.74 Å². The molecule has 4 N–H and O–H groups in total. The standard InChI is InChI=1S/C29H40F2N2O4/c1-27(2,3)25(24(34)23(32-26(35)36)14-18-12-21(30)16-22(31)13-18)33-29(10-11-29)20-9-7-8-19(15-20)28(4,5)17-37-6/h7-9,12-13,15-16,23-25,32-34H,10-11,14,17H2,1-6H3,(H,35,36). The van der Waals surface area contributed by atoms with Crippen molar-refractivity contribution in [3.8, 4) is 0 Å². The van der Waals surface area contributed by atoms with Gasteiger partial charge in [-0.05, 0) is 53.5 Å². The fourth-order valence-electron chi connectivity index (χ4n) is 5.07. The van der Waals surface area contributed by atoms with Crippen molar-refractivity contribution in [2.24, 2.45) is 5.41 Å². The maximum atomic E-state index is 13.8.